The van der Waals surface area contributed by atoms with Crippen LogP contribution in [0.25, 0.3) is 16.9 Å². The predicted octanol–water partition coefficient (Wildman–Crippen LogP) is 3.41. The van der Waals surface area contributed by atoms with Crippen molar-refractivity contribution in [2.24, 2.45) is 0 Å². The molecule has 3 aromatic rings. The van der Waals surface area contributed by atoms with Crippen LogP contribution in [-0.2, 0) is 11.2 Å². The molecule has 30 heavy (non-hydrogen) atoms. The largest absolute Gasteiger partial charge is 0.339 e. The molecule has 0 radical (unpaired) electrons. The predicted molar refractivity (Wildman–Crippen MR) is 117 cm³/mol. The van der Waals surface area contributed by atoms with Gasteiger partial charge in [-0.15, -0.1) is 0 Å². The van der Waals surface area contributed by atoms with Crippen LogP contribution in [0.5, 0.6) is 0 Å². The van der Waals surface area contributed by atoms with Gasteiger partial charge < -0.3 is 9.80 Å². The first-order valence-electron chi connectivity index (χ1n) is 10.4. The van der Waals surface area contributed by atoms with E-state index in [0.717, 1.165) is 17.7 Å². The zero-order valence-corrected chi connectivity index (χ0v) is 17.4. The summed E-state index contributed by atoms with van der Waals surface area (Å²) in [7, 11) is 0. The molecular weight excluding hydrogens is 376 g/mol. The molecule has 0 bridgehead atoms. The highest BCUT2D eigenvalue weighted by atomic mass is 16.2. The highest BCUT2D eigenvalue weighted by Crippen LogP contribution is 2.26. The molecule has 0 aliphatic carbocycles. The van der Waals surface area contributed by atoms with Gasteiger partial charge in [0.2, 0.25) is 5.91 Å². The van der Waals surface area contributed by atoms with Crippen molar-refractivity contribution in [2.75, 3.05) is 26.2 Å². The van der Waals surface area contributed by atoms with Gasteiger partial charge in [-0.3, -0.25) is 9.59 Å². The normalized spacial score (nSPS) is 14.1. The maximum Gasteiger partial charge on any atom is 0.257 e. The maximum atomic E-state index is 13.4. The Labute approximate surface area is 176 Å². The van der Waals surface area contributed by atoms with Gasteiger partial charge >= 0.3 is 0 Å². The van der Waals surface area contributed by atoms with Crippen LogP contribution in [0.4, 0.5) is 0 Å². The first-order valence-corrected chi connectivity index (χ1v) is 10.4. The van der Waals surface area contributed by atoms with E-state index in [4.69, 9.17) is 5.10 Å². The number of carbonyl (C=O) groups excluding carboxylic acids is 2. The molecule has 0 spiro atoms. The summed E-state index contributed by atoms with van der Waals surface area (Å²) < 4.78 is 1.77. The number of para-hydroxylation sites is 1. The Hall–Kier alpha value is -3.41. The summed E-state index contributed by atoms with van der Waals surface area (Å²) in [6.07, 6.45) is 2.78. The van der Waals surface area contributed by atoms with E-state index in [0.29, 0.717) is 37.4 Å². The Bertz CT molecular complexity index is 1030. The van der Waals surface area contributed by atoms with Crippen molar-refractivity contribution in [2.45, 2.75) is 20.3 Å². The molecule has 0 atom stereocenters. The number of amides is 2. The third-order valence-corrected chi connectivity index (χ3v) is 5.61. The van der Waals surface area contributed by atoms with E-state index < -0.39 is 0 Å². The Morgan fingerprint density at radius 1 is 0.900 bits per heavy atom. The Kier molecular flexibility index (Phi) is 5.65. The summed E-state index contributed by atoms with van der Waals surface area (Å²) >= 11 is 0. The Morgan fingerprint density at radius 2 is 1.53 bits per heavy atom. The van der Waals surface area contributed by atoms with Crippen molar-refractivity contribution in [3.05, 3.63) is 71.9 Å². The molecule has 0 unspecified atom stereocenters. The van der Waals surface area contributed by atoms with Crippen molar-refractivity contribution in [1.82, 2.24) is 19.6 Å². The molecule has 0 saturated carbocycles. The summed E-state index contributed by atoms with van der Waals surface area (Å²) in [6, 6.07) is 18.0. The maximum absolute atomic E-state index is 13.4. The van der Waals surface area contributed by atoms with E-state index >= 15 is 0 Å². The van der Waals surface area contributed by atoms with Gasteiger partial charge in [0.05, 0.1) is 11.3 Å². The fourth-order valence-electron chi connectivity index (χ4n) is 3.75. The third-order valence-electron chi connectivity index (χ3n) is 5.61. The van der Waals surface area contributed by atoms with E-state index in [-0.39, 0.29) is 11.8 Å². The lowest BCUT2D eigenvalue weighted by molar-refractivity contribution is -0.130. The molecule has 1 aliphatic rings. The van der Waals surface area contributed by atoms with Crippen LogP contribution in [0.1, 0.15) is 29.8 Å². The fraction of sp³-hybridized carbons (Fsp3) is 0.292. The van der Waals surface area contributed by atoms with E-state index in [1.165, 1.54) is 5.56 Å². The number of benzene rings is 2. The Morgan fingerprint density at radius 3 is 2.13 bits per heavy atom. The summed E-state index contributed by atoms with van der Waals surface area (Å²) in [6.45, 7) is 5.88. The van der Waals surface area contributed by atoms with Gasteiger partial charge in [0.25, 0.3) is 5.91 Å². The number of rotatable bonds is 4. The number of aryl methyl sites for hydroxylation is 1. The molecule has 6 heteroatoms. The molecule has 1 aromatic heterocycles. The number of nitrogens with zero attached hydrogens (tertiary/aromatic N) is 4. The van der Waals surface area contributed by atoms with Crippen molar-refractivity contribution in [3.63, 3.8) is 0 Å². The second-order valence-corrected chi connectivity index (χ2v) is 7.52. The average molecular weight is 402 g/mol. The topological polar surface area (TPSA) is 58.4 Å². The van der Waals surface area contributed by atoms with Crippen LogP contribution in [0, 0.1) is 0 Å². The summed E-state index contributed by atoms with van der Waals surface area (Å²) in [5.41, 5.74) is 4.34. The lowest BCUT2D eigenvalue weighted by atomic mass is 10.0. The SMILES string of the molecule is CCc1ccc(-c2nn(-c3ccccc3)cc2C(=O)N2CCN(C(C)=O)CC2)cc1. The number of hydrogen-bond donors (Lipinski definition) is 0. The molecular formula is C24H26N4O2. The zero-order valence-electron chi connectivity index (χ0n) is 17.4. The Balaban J connectivity index is 1.69. The lowest BCUT2D eigenvalue weighted by Gasteiger charge is -2.34. The quantitative estimate of drug-likeness (QED) is 0.672. The van der Waals surface area contributed by atoms with E-state index in [9.17, 15) is 9.59 Å². The standard InChI is InChI=1S/C24H26N4O2/c1-3-19-9-11-20(12-10-19)23-22(17-28(25-23)21-7-5-4-6-8-21)24(30)27-15-13-26(14-16-27)18(2)29/h4-12,17H,3,13-16H2,1-2H3. The van der Waals surface area contributed by atoms with Crippen LogP contribution >= 0.6 is 0 Å². The second-order valence-electron chi connectivity index (χ2n) is 7.52. The van der Waals surface area contributed by atoms with Gasteiger partial charge in [-0.25, -0.2) is 4.68 Å². The van der Waals surface area contributed by atoms with Gasteiger partial charge in [0.15, 0.2) is 0 Å². The molecule has 1 fully saturated rings. The smallest absolute Gasteiger partial charge is 0.257 e. The van der Waals surface area contributed by atoms with E-state index in [2.05, 4.69) is 19.1 Å². The van der Waals surface area contributed by atoms with Crippen LogP contribution in [0.2, 0.25) is 0 Å². The molecule has 0 N–H and O–H groups in total. The van der Waals surface area contributed by atoms with Gasteiger partial charge in [0, 0.05) is 44.9 Å². The zero-order chi connectivity index (χ0) is 21.1. The van der Waals surface area contributed by atoms with Crippen molar-refractivity contribution < 1.29 is 9.59 Å². The van der Waals surface area contributed by atoms with E-state index in [1.807, 2.05) is 53.6 Å². The van der Waals surface area contributed by atoms with Gasteiger partial charge in [-0.05, 0) is 24.1 Å². The van der Waals surface area contributed by atoms with Crippen molar-refractivity contribution >= 4 is 11.8 Å². The monoisotopic (exact) mass is 402 g/mol. The van der Waals surface area contributed by atoms with Crippen LogP contribution < -0.4 is 0 Å². The summed E-state index contributed by atoms with van der Waals surface area (Å²) in [4.78, 5) is 28.6. The van der Waals surface area contributed by atoms with Gasteiger partial charge in [-0.1, -0.05) is 49.4 Å². The van der Waals surface area contributed by atoms with Crippen LogP contribution in [0.15, 0.2) is 60.8 Å². The number of hydrogen-bond acceptors (Lipinski definition) is 3. The number of aromatic nitrogens is 2. The van der Waals surface area contributed by atoms with E-state index in [1.54, 1.807) is 16.5 Å². The highest BCUT2D eigenvalue weighted by Gasteiger charge is 2.27. The second kappa shape index (κ2) is 8.53. The van der Waals surface area contributed by atoms with Gasteiger partial charge in [0.1, 0.15) is 5.69 Å². The highest BCUT2D eigenvalue weighted by molar-refractivity contribution is 6.00. The molecule has 1 saturated heterocycles. The average Bonchev–Trinajstić information content (AvgIpc) is 3.25. The molecule has 2 heterocycles. The third kappa shape index (κ3) is 3.99. The molecule has 4 rings (SSSR count). The summed E-state index contributed by atoms with van der Waals surface area (Å²) in [5.74, 6) is 0.00523. The summed E-state index contributed by atoms with van der Waals surface area (Å²) in [5, 5.41) is 4.77. The van der Waals surface area contributed by atoms with Crippen LogP contribution in [0.3, 0.4) is 0 Å². The van der Waals surface area contributed by atoms with Crippen LogP contribution in [-0.4, -0.2) is 57.6 Å². The minimum atomic E-state index is -0.0463. The minimum Gasteiger partial charge on any atom is -0.339 e. The first-order chi connectivity index (χ1) is 14.6. The number of carbonyl (C=O) groups is 2. The van der Waals surface area contributed by atoms with Gasteiger partial charge in [-0.2, -0.15) is 5.10 Å². The fourth-order valence-corrected chi connectivity index (χ4v) is 3.75. The molecule has 1 aliphatic heterocycles. The first kappa shape index (κ1) is 19.9. The molecule has 2 amide bonds. The van der Waals surface area contributed by atoms with Crippen molar-refractivity contribution in [3.8, 4) is 16.9 Å². The molecule has 154 valence electrons. The molecule has 2 aromatic carbocycles. The lowest BCUT2D eigenvalue weighted by Crippen LogP contribution is -2.50. The number of piperazine rings is 1. The van der Waals surface area contributed by atoms with Crippen molar-refractivity contribution in [1.29, 1.82) is 0 Å². The molecule has 6 nitrogen and oxygen atoms in total. The minimum absolute atomic E-state index is 0.0463.